The van der Waals surface area contributed by atoms with Crippen LogP contribution in [0.4, 0.5) is 0 Å². The summed E-state index contributed by atoms with van der Waals surface area (Å²) in [5, 5.41) is 2.41. The van der Waals surface area contributed by atoms with E-state index in [9.17, 15) is 0 Å². The minimum Gasteiger partial charge on any atom is -0.0622 e. The smallest absolute Gasteiger partial charge is 0.00928 e. The molecule has 0 amide bonds. The molecule has 75 valence electrons. The minimum absolute atomic E-state index is 1.17. The summed E-state index contributed by atoms with van der Waals surface area (Å²) >= 11 is 0. The van der Waals surface area contributed by atoms with Crippen LogP contribution in [0.3, 0.4) is 0 Å². The molecule has 0 aliphatic carbocycles. The molecular weight excluding hydrogens is 192 g/mol. The Kier molecular flexibility index (Phi) is 2.19. The summed E-state index contributed by atoms with van der Waals surface area (Å²) in [6.07, 6.45) is 0. The second kappa shape index (κ2) is 3.82. The van der Waals surface area contributed by atoms with Crippen molar-refractivity contribution in [3.63, 3.8) is 0 Å². The zero-order valence-corrected chi connectivity index (χ0v) is 8.85. The topological polar surface area (TPSA) is 0 Å². The van der Waals surface area contributed by atoms with Crippen LogP contribution in [0.1, 0.15) is 0 Å². The maximum Gasteiger partial charge on any atom is -0.00928 e. The zero-order valence-electron chi connectivity index (χ0n) is 8.85. The molecule has 0 nitrogen and oxygen atoms in total. The summed E-state index contributed by atoms with van der Waals surface area (Å²) in [4.78, 5) is 0. The first-order valence-corrected chi connectivity index (χ1v) is 5.39. The Hall–Kier alpha value is -2.08. The van der Waals surface area contributed by atoms with Crippen LogP contribution in [-0.4, -0.2) is 0 Å². The van der Waals surface area contributed by atoms with Gasteiger partial charge in [-0.2, -0.15) is 0 Å². The molecule has 0 saturated heterocycles. The molecule has 3 rings (SSSR count). The Labute approximate surface area is 95.2 Å². The number of benzene rings is 3. The molecule has 0 fully saturated rings. The third-order valence-corrected chi connectivity index (χ3v) is 2.76. The largest absolute Gasteiger partial charge is 0.0622 e. The summed E-state index contributed by atoms with van der Waals surface area (Å²) in [6.45, 7) is 0. The van der Waals surface area contributed by atoms with Crippen LogP contribution in [0.5, 0.6) is 0 Å². The molecule has 3 aromatic carbocycles. The molecule has 0 saturated carbocycles. The van der Waals surface area contributed by atoms with Crippen molar-refractivity contribution in [1.29, 1.82) is 0 Å². The van der Waals surface area contributed by atoms with Gasteiger partial charge in [0, 0.05) is 0 Å². The predicted molar refractivity (Wildman–Crippen MR) is 68.2 cm³/mol. The van der Waals surface area contributed by atoms with Gasteiger partial charge < -0.3 is 0 Å². The maximum atomic E-state index is 3.32. The zero-order chi connectivity index (χ0) is 10.8. The molecule has 0 spiro atoms. The SMILES string of the molecule is [c]1cc(-c2ccccc2)cc2ccccc12. The van der Waals surface area contributed by atoms with Gasteiger partial charge in [0.15, 0.2) is 0 Å². The maximum absolute atomic E-state index is 3.32. The Balaban J connectivity index is 2.19. The Morgan fingerprint density at radius 1 is 0.688 bits per heavy atom. The fraction of sp³-hybridized carbons (Fsp3) is 0. The average Bonchev–Trinajstić information content (AvgIpc) is 2.39. The van der Waals surface area contributed by atoms with Crippen molar-refractivity contribution in [3.05, 3.63) is 72.8 Å². The second-order valence-electron chi connectivity index (χ2n) is 3.84. The highest BCUT2D eigenvalue weighted by molar-refractivity contribution is 5.86. The van der Waals surface area contributed by atoms with Crippen LogP contribution in [0.15, 0.2) is 66.7 Å². The van der Waals surface area contributed by atoms with E-state index in [-0.39, 0.29) is 0 Å². The Morgan fingerprint density at radius 2 is 1.44 bits per heavy atom. The number of rotatable bonds is 1. The Bertz CT molecular complexity index is 609. The molecule has 0 heterocycles. The molecule has 0 aliphatic rings. The molecule has 0 aliphatic heterocycles. The van der Waals surface area contributed by atoms with Crippen LogP contribution < -0.4 is 0 Å². The van der Waals surface area contributed by atoms with Crippen LogP contribution in [0.25, 0.3) is 21.9 Å². The van der Waals surface area contributed by atoms with Gasteiger partial charge in [0.1, 0.15) is 0 Å². The third-order valence-electron chi connectivity index (χ3n) is 2.76. The van der Waals surface area contributed by atoms with Crippen molar-refractivity contribution >= 4 is 10.8 Å². The highest BCUT2D eigenvalue weighted by Crippen LogP contribution is 2.23. The first-order chi connectivity index (χ1) is 7.93. The predicted octanol–water partition coefficient (Wildman–Crippen LogP) is 4.31. The van der Waals surface area contributed by atoms with Gasteiger partial charge >= 0.3 is 0 Å². The van der Waals surface area contributed by atoms with Gasteiger partial charge in [0.2, 0.25) is 0 Å². The summed E-state index contributed by atoms with van der Waals surface area (Å²) < 4.78 is 0. The standard InChI is InChI=1S/C16H11/c1-2-6-13(7-3-1)16-11-10-14-8-4-5-9-15(14)12-16/h1-9,11-12H. The molecule has 0 heteroatoms. The van der Waals surface area contributed by atoms with Crippen LogP contribution >= 0.6 is 0 Å². The average molecular weight is 203 g/mol. The van der Waals surface area contributed by atoms with E-state index in [4.69, 9.17) is 0 Å². The van der Waals surface area contributed by atoms with Crippen molar-refractivity contribution in [3.8, 4) is 11.1 Å². The van der Waals surface area contributed by atoms with Crippen molar-refractivity contribution < 1.29 is 0 Å². The fourth-order valence-electron chi connectivity index (χ4n) is 1.92. The summed E-state index contributed by atoms with van der Waals surface area (Å²) in [7, 11) is 0. The van der Waals surface area contributed by atoms with Gasteiger partial charge in [-0.15, -0.1) is 0 Å². The van der Waals surface area contributed by atoms with Gasteiger partial charge in [0.05, 0.1) is 0 Å². The second-order valence-corrected chi connectivity index (χ2v) is 3.84. The summed E-state index contributed by atoms with van der Waals surface area (Å²) in [5.74, 6) is 0. The van der Waals surface area contributed by atoms with E-state index in [0.29, 0.717) is 0 Å². The van der Waals surface area contributed by atoms with Crippen molar-refractivity contribution in [2.24, 2.45) is 0 Å². The molecule has 3 aromatic rings. The molecule has 1 radical (unpaired) electrons. The molecule has 0 atom stereocenters. The lowest BCUT2D eigenvalue weighted by Gasteiger charge is -2.03. The van der Waals surface area contributed by atoms with E-state index in [2.05, 4.69) is 60.7 Å². The monoisotopic (exact) mass is 203 g/mol. The molecule has 0 unspecified atom stereocenters. The lowest BCUT2D eigenvalue weighted by molar-refractivity contribution is 1.64. The normalized spacial score (nSPS) is 10.5. The lowest BCUT2D eigenvalue weighted by Crippen LogP contribution is -1.78. The van der Waals surface area contributed by atoms with Crippen molar-refractivity contribution in [2.45, 2.75) is 0 Å². The molecule has 0 aromatic heterocycles. The number of hydrogen-bond acceptors (Lipinski definition) is 0. The quantitative estimate of drug-likeness (QED) is 0.553. The van der Waals surface area contributed by atoms with Crippen molar-refractivity contribution in [1.82, 2.24) is 0 Å². The van der Waals surface area contributed by atoms with Crippen LogP contribution in [-0.2, 0) is 0 Å². The van der Waals surface area contributed by atoms with Gasteiger partial charge in [-0.1, -0.05) is 54.6 Å². The minimum atomic E-state index is 1.17. The summed E-state index contributed by atoms with van der Waals surface area (Å²) in [6, 6.07) is 26.3. The first kappa shape index (κ1) is 9.17. The van der Waals surface area contributed by atoms with Gasteiger partial charge in [-0.25, -0.2) is 0 Å². The number of hydrogen-bond donors (Lipinski definition) is 0. The third kappa shape index (κ3) is 1.59. The highest BCUT2D eigenvalue weighted by atomic mass is 14.0. The molecular formula is C16H11. The van der Waals surface area contributed by atoms with E-state index >= 15 is 0 Å². The van der Waals surface area contributed by atoms with E-state index in [0.717, 1.165) is 0 Å². The Morgan fingerprint density at radius 3 is 2.31 bits per heavy atom. The highest BCUT2D eigenvalue weighted by Gasteiger charge is 1.98. The van der Waals surface area contributed by atoms with Gasteiger partial charge in [-0.05, 0) is 40.1 Å². The van der Waals surface area contributed by atoms with Gasteiger partial charge in [0.25, 0.3) is 0 Å². The van der Waals surface area contributed by atoms with E-state index in [1.807, 2.05) is 12.1 Å². The summed E-state index contributed by atoms with van der Waals surface area (Å²) in [5.41, 5.74) is 2.46. The lowest BCUT2D eigenvalue weighted by atomic mass is 10.0. The van der Waals surface area contributed by atoms with E-state index in [1.54, 1.807) is 0 Å². The molecule has 16 heavy (non-hydrogen) atoms. The first-order valence-electron chi connectivity index (χ1n) is 5.39. The van der Waals surface area contributed by atoms with E-state index < -0.39 is 0 Å². The van der Waals surface area contributed by atoms with Crippen LogP contribution in [0, 0.1) is 6.07 Å². The van der Waals surface area contributed by atoms with Crippen LogP contribution in [0.2, 0.25) is 0 Å². The fourth-order valence-corrected chi connectivity index (χ4v) is 1.92. The van der Waals surface area contributed by atoms with Gasteiger partial charge in [-0.3, -0.25) is 0 Å². The molecule has 0 bridgehead atoms. The van der Waals surface area contributed by atoms with Crippen molar-refractivity contribution in [2.75, 3.05) is 0 Å². The molecule has 0 N–H and O–H groups in total. The van der Waals surface area contributed by atoms with E-state index in [1.165, 1.54) is 21.9 Å². The number of fused-ring (bicyclic) bond motifs is 1.